The highest BCUT2D eigenvalue weighted by Crippen LogP contribution is 2.03. The van der Waals surface area contributed by atoms with E-state index in [4.69, 9.17) is 16.2 Å². The number of nitrogens with two attached hydrogens (primary N) is 2. The molecule has 0 aromatic rings. The number of rotatable bonds is 8. The van der Waals surface area contributed by atoms with Crippen molar-refractivity contribution in [3.8, 4) is 0 Å². The van der Waals surface area contributed by atoms with Gasteiger partial charge in [0.25, 0.3) is 0 Å². The molecule has 0 rings (SSSR count). The molecule has 8 heteroatoms. The van der Waals surface area contributed by atoms with E-state index in [0.29, 0.717) is 13.2 Å². The average Bonchev–Trinajstić information content (AvgIpc) is 2.31. The molecule has 0 spiro atoms. The van der Waals surface area contributed by atoms with Crippen LogP contribution in [-0.4, -0.2) is 36.3 Å². The third-order valence-corrected chi connectivity index (χ3v) is 2.10. The lowest BCUT2D eigenvalue weighted by Gasteiger charge is -2.00. The Bertz CT molecular complexity index is 376. The summed E-state index contributed by atoms with van der Waals surface area (Å²) in [5.74, 6) is -0.922. The van der Waals surface area contributed by atoms with Crippen molar-refractivity contribution in [2.75, 3.05) is 19.8 Å². The fraction of sp³-hybridized carbons (Fsp3) is 0.600. The number of primary amides is 1. The zero-order valence-corrected chi connectivity index (χ0v) is 10.6. The van der Waals surface area contributed by atoms with Gasteiger partial charge in [-0.1, -0.05) is 6.92 Å². The maximum absolute atomic E-state index is 11.2. The van der Waals surface area contributed by atoms with E-state index < -0.39 is 16.5 Å². The summed E-state index contributed by atoms with van der Waals surface area (Å²) in [4.78, 5) is 24.0. The van der Waals surface area contributed by atoms with Gasteiger partial charge in [-0.15, -0.1) is 0 Å². The molecule has 0 aliphatic carbocycles. The summed E-state index contributed by atoms with van der Waals surface area (Å²) in [6, 6.07) is 0. The Hall–Kier alpha value is -1.96. The largest absolute Gasteiger partial charge is 0.396 e. The standard InChI is InChI=1S/C10H18N4O4/c1-3-7(11)9(14(16)17)8(10(12)15)13-5-6-18-4-2/h3-6,11H2,1-2H3,(H2,12,15)/p+1. The number of nitrogens with one attached hydrogen (secondary N) is 1. The van der Waals surface area contributed by atoms with Gasteiger partial charge in [-0.25, -0.2) is 4.99 Å². The smallest absolute Gasteiger partial charge is 0.363 e. The quantitative estimate of drug-likeness (QED) is 0.198. The van der Waals surface area contributed by atoms with Crippen LogP contribution in [0.1, 0.15) is 20.3 Å². The van der Waals surface area contributed by atoms with E-state index in [-0.39, 0.29) is 24.4 Å². The molecule has 0 radical (unpaired) electrons. The zero-order valence-electron chi connectivity index (χ0n) is 10.6. The van der Waals surface area contributed by atoms with E-state index in [1.54, 1.807) is 6.92 Å². The molecule has 0 saturated carbocycles. The second-order valence-electron chi connectivity index (χ2n) is 3.35. The fourth-order valence-electron chi connectivity index (χ4n) is 1.22. The first-order valence-corrected chi connectivity index (χ1v) is 5.57. The van der Waals surface area contributed by atoms with E-state index in [0.717, 1.165) is 0 Å². The summed E-state index contributed by atoms with van der Waals surface area (Å²) >= 11 is 0. The Morgan fingerprint density at radius 2 is 2.00 bits per heavy atom. The van der Waals surface area contributed by atoms with Crippen LogP contribution in [0.4, 0.5) is 0 Å². The van der Waals surface area contributed by atoms with Crippen LogP contribution in [0.2, 0.25) is 0 Å². The second kappa shape index (κ2) is 8.18. The van der Waals surface area contributed by atoms with E-state index in [9.17, 15) is 14.9 Å². The maximum Gasteiger partial charge on any atom is 0.363 e. The van der Waals surface area contributed by atoms with Gasteiger partial charge in [-0.05, 0) is 13.3 Å². The molecule has 8 nitrogen and oxygen atoms in total. The van der Waals surface area contributed by atoms with Gasteiger partial charge in [0.2, 0.25) is 0 Å². The highest BCUT2D eigenvalue weighted by molar-refractivity contribution is 6.41. The molecule has 0 aromatic carbocycles. The van der Waals surface area contributed by atoms with Crippen molar-refractivity contribution in [2.24, 2.45) is 11.5 Å². The molecule has 5 N–H and O–H groups in total. The third-order valence-electron chi connectivity index (χ3n) is 2.10. The van der Waals surface area contributed by atoms with Crippen LogP contribution >= 0.6 is 0 Å². The lowest BCUT2D eigenvalue weighted by molar-refractivity contribution is -0.475. The molecule has 0 saturated heterocycles. The summed E-state index contributed by atoms with van der Waals surface area (Å²) in [6.45, 7) is 4.53. The minimum absolute atomic E-state index is 0.00212. The molecule has 0 fully saturated rings. The van der Waals surface area contributed by atoms with Crippen LogP contribution in [0, 0.1) is 10.1 Å². The lowest BCUT2D eigenvalue weighted by Crippen LogP contribution is -2.77. The number of hydrogen-bond acceptors (Lipinski definition) is 5. The lowest BCUT2D eigenvalue weighted by atomic mass is 10.2. The molecule has 0 bridgehead atoms. The average molecular weight is 259 g/mol. The number of nitrogens with zero attached hydrogens (tertiary/aromatic N) is 1. The van der Waals surface area contributed by atoms with Crippen LogP contribution in [0.15, 0.2) is 11.4 Å². The molecule has 18 heavy (non-hydrogen) atoms. The molecule has 0 atom stereocenters. The van der Waals surface area contributed by atoms with Crippen molar-refractivity contribution in [1.29, 1.82) is 0 Å². The predicted molar refractivity (Wildman–Crippen MR) is 65.0 cm³/mol. The van der Waals surface area contributed by atoms with Gasteiger partial charge >= 0.3 is 17.3 Å². The van der Waals surface area contributed by atoms with Gasteiger partial charge in [0.15, 0.2) is 6.54 Å². The van der Waals surface area contributed by atoms with Crippen molar-refractivity contribution >= 4 is 11.6 Å². The first-order valence-electron chi connectivity index (χ1n) is 5.57. The molecule has 102 valence electrons. The van der Waals surface area contributed by atoms with Gasteiger partial charge in [-0.2, -0.15) is 0 Å². The number of amides is 1. The normalized spacial score (nSPS) is 13.1. The van der Waals surface area contributed by atoms with E-state index in [1.807, 2.05) is 6.92 Å². The van der Waals surface area contributed by atoms with Crippen LogP contribution in [0.25, 0.3) is 0 Å². The van der Waals surface area contributed by atoms with E-state index in [1.165, 1.54) is 0 Å². The molecule has 0 heterocycles. The van der Waals surface area contributed by atoms with Gasteiger partial charge in [0, 0.05) is 6.61 Å². The molecular formula is C10H19N4O4+. The van der Waals surface area contributed by atoms with Crippen LogP contribution in [-0.2, 0) is 9.53 Å². The first-order chi connectivity index (χ1) is 8.45. The maximum atomic E-state index is 11.2. The Labute approximate surface area is 105 Å². The van der Waals surface area contributed by atoms with Crippen molar-refractivity contribution in [3.05, 3.63) is 21.5 Å². The van der Waals surface area contributed by atoms with Crippen molar-refractivity contribution < 1.29 is 19.4 Å². The summed E-state index contributed by atoms with van der Waals surface area (Å²) in [5.41, 5.74) is 9.87. The van der Waals surface area contributed by atoms with Gasteiger partial charge in [-0.3, -0.25) is 14.9 Å². The minimum atomic E-state index is -0.922. The topological polar surface area (TPSA) is 135 Å². The number of carbonyl (C=O) groups is 1. The highest BCUT2D eigenvalue weighted by atomic mass is 16.6. The Balaban J connectivity index is 5.19. The van der Waals surface area contributed by atoms with E-state index >= 15 is 0 Å². The zero-order chi connectivity index (χ0) is 14.1. The Kier molecular flexibility index (Phi) is 7.29. The number of ether oxygens (including phenoxy) is 1. The molecule has 0 aliphatic rings. The molecular weight excluding hydrogens is 240 g/mol. The molecule has 0 aliphatic heterocycles. The third kappa shape index (κ3) is 4.91. The number of allylic oxidation sites excluding steroid dienone is 1. The number of carbonyl (C=O) groups excluding carboxylic acids is 1. The molecule has 0 unspecified atom stereocenters. The van der Waals surface area contributed by atoms with Crippen molar-refractivity contribution in [1.82, 2.24) is 0 Å². The van der Waals surface area contributed by atoms with E-state index in [2.05, 4.69) is 4.99 Å². The van der Waals surface area contributed by atoms with Gasteiger partial charge in [0.1, 0.15) is 6.61 Å². The van der Waals surface area contributed by atoms with Crippen molar-refractivity contribution in [3.63, 3.8) is 0 Å². The second-order valence-corrected chi connectivity index (χ2v) is 3.35. The van der Waals surface area contributed by atoms with Crippen LogP contribution in [0.5, 0.6) is 0 Å². The SMILES string of the molecule is CCOCC[NH+]=C(C(N)=O)C(=C(N)CC)[N+](=O)[O-]. The summed E-state index contributed by atoms with van der Waals surface area (Å²) in [6.07, 6.45) is 0.250. The van der Waals surface area contributed by atoms with Gasteiger partial charge in [0.05, 0.1) is 10.6 Å². The molecule has 1 amide bonds. The number of nitro groups is 1. The molecule has 0 aromatic heterocycles. The fourth-order valence-corrected chi connectivity index (χ4v) is 1.22. The number of hydrogen-bond donors (Lipinski definition) is 3. The predicted octanol–water partition coefficient (Wildman–Crippen LogP) is -2.11. The monoisotopic (exact) mass is 259 g/mol. The summed E-state index contributed by atoms with van der Waals surface area (Å²) < 4.78 is 5.05. The van der Waals surface area contributed by atoms with Crippen molar-refractivity contribution in [2.45, 2.75) is 20.3 Å². The minimum Gasteiger partial charge on any atom is -0.396 e. The highest BCUT2D eigenvalue weighted by Gasteiger charge is 2.33. The van der Waals surface area contributed by atoms with Gasteiger partial charge < -0.3 is 16.2 Å². The summed E-state index contributed by atoms with van der Waals surface area (Å²) in [5, 5.41) is 10.9. The van der Waals surface area contributed by atoms with Crippen LogP contribution < -0.4 is 16.5 Å². The Morgan fingerprint density at radius 3 is 2.39 bits per heavy atom. The Morgan fingerprint density at radius 1 is 1.39 bits per heavy atom. The van der Waals surface area contributed by atoms with Crippen LogP contribution in [0.3, 0.4) is 0 Å². The first kappa shape index (κ1) is 16.0. The summed E-state index contributed by atoms with van der Waals surface area (Å²) in [7, 11) is 0.